The largest absolute Gasteiger partial charge is 0.443 e. The van der Waals surface area contributed by atoms with E-state index in [0.717, 1.165) is 23.2 Å². The molecule has 1 aliphatic heterocycles. The van der Waals surface area contributed by atoms with Crippen LogP contribution >= 0.6 is 0 Å². The molecule has 1 spiro atoms. The molecule has 3 aliphatic rings. The van der Waals surface area contributed by atoms with Crippen LogP contribution in [-0.2, 0) is 4.74 Å². The van der Waals surface area contributed by atoms with E-state index in [1.54, 1.807) is 4.90 Å². The third-order valence-electron chi connectivity index (χ3n) is 4.77. The highest BCUT2D eigenvalue weighted by molar-refractivity contribution is 6.11. The van der Waals surface area contributed by atoms with Crippen molar-refractivity contribution in [3.05, 3.63) is 41.1 Å². The summed E-state index contributed by atoms with van der Waals surface area (Å²) in [5.41, 5.74) is 1.50. The number of likely N-dealkylation sites (tertiary alicyclic amines) is 1. The quantitative estimate of drug-likeness (QED) is 0.736. The summed E-state index contributed by atoms with van der Waals surface area (Å²) in [6, 6.07) is 7.61. The zero-order chi connectivity index (χ0) is 15.7. The molecule has 2 atom stereocenters. The molecule has 2 aliphatic carbocycles. The Labute approximate surface area is 129 Å². The summed E-state index contributed by atoms with van der Waals surface area (Å²) in [6.45, 7) is 6.15. The monoisotopic (exact) mass is 297 g/mol. The molecule has 4 rings (SSSR count). The van der Waals surface area contributed by atoms with Gasteiger partial charge in [-0.15, -0.1) is 0 Å². The molecule has 0 unspecified atom stereocenters. The van der Waals surface area contributed by atoms with Crippen molar-refractivity contribution in [2.24, 2.45) is 11.3 Å². The number of ether oxygens (including phenoxy) is 1. The number of hydrogen-bond acceptors (Lipinski definition) is 3. The van der Waals surface area contributed by atoms with Crippen molar-refractivity contribution in [3.8, 4) is 0 Å². The van der Waals surface area contributed by atoms with Gasteiger partial charge in [0.25, 0.3) is 0 Å². The van der Waals surface area contributed by atoms with Crippen LogP contribution in [0, 0.1) is 11.3 Å². The zero-order valence-electron chi connectivity index (χ0n) is 13.1. The van der Waals surface area contributed by atoms with Gasteiger partial charge in [-0.3, -0.25) is 9.69 Å². The van der Waals surface area contributed by atoms with Crippen LogP contribution in [0.15, 0.2) is 30.0 Å². The highest BCUT2D eigenvalue weighted by Crippen LogP contribution is 2.67. The number of nitrogens with zero attached hydrogens (tertiary/aromatic N) is 1. The Morgan fingerprint density at radius 3 is 2.77 bits per heavy atom. The van der Waals surface area contributed by atoms with Crippen LogP contribution in [0.5, 0.6) is 0 Å². The average Bonchev–Trinajstić information content (AvgIpc) is 3.06. The van der Waals surface area contributed by atoms with Crippen molar-refractivity contribution in [1.29, 1.82) is 0 Å². The Hall–Kier alpha value is -2.10. The van der Waals surface area contributed by atoms with Crippen molar-refractivity contribution < 1.29 is 14.3 Å². The fourth-order valence-corrected chi connectivity index (χ4v) is 3.73. The van der Waals surface area contributed by atoms with E-state index < -0.39 is 11.0 Å². The van der Waals surface area contributed by atoms with E-state index in [0.29, 0.717) is 6.54 Å². The fourth-order valence-electron chi connectivity index (χ4n) is 3.73. The Balaban J connectivity index is 1.75. The topological polar surface area (TPSA) is 46.6 Å². The smallest absolute Gasteiger partial charge is 0.414 e. The van der Waals surface area contributed by atoms with Gasteiger partial charge in [0, 0.05) is 17.8 Å². The van der Waals surface area contributed by atoms with Crippen molar-refractivity contribution in [2.75, 3.05) is 6.54 Å². The molecule has 1 amide bonds. The van der Waals surface area contributed by atoms with Gasteiger partial charge >= 0.3 is 6.09 Å². The van der Waals surface area contributed by atoms with Crippen LogP contribution in [0.3, 0.4) is 0 Å². The van der Waals surface area contributed by atoms with Crippen LogP contribution in [0.4, 0.5) is 4.79 Å². The maximum absolute atomic E-state index is 12.9. The molecule has 0 bridgehead atoms. The van der Waals surface area contributed by atoms with Gasteiger partial charge in [0.1, 0.15) is 5.60 Å². The SMILES string of the molecule is CC(C)(C)OC(=O)N1C[C@H]2C[C@]23C(=O)c2ccccc2C=C13. The molecule has 22 heavy (non-hydrogen) atoms. The maximum atomic E-state index is 12.9. The summed E-state index contributed by atoms with van der Waals surface area (Å²) in [7, 11) is 0. The van der Waals surface area contributed by atoms with E-state index in [9.17, 15) is 9.59 Å². The lowest BCUT2D eigenvalue weighted by Crippen LogP contribution is -2.37. The van der Waals surface area contributed by atoms with Crippen LogP contribution in [0.2, 0.25) is 0 Å². The first kappa shape index (κ1) is 13.6. The average molecular weight is 297 g/mol. The molecule has 0 aromatic heterocycles. The summed E-state index contributed by atoms with van der Waals surface area (Å²) >= 11 is 0. The molecule has 0 radical (unpaired) electrons. The molecule has 4 nitrogen and oxygen atoms in total. The van der Waals surface area contributed by atoms with Gasteiger partial charge in [-0.1, -0.05) is 24.3 Å². The summed E-state index contributed by atoms with van der Waals surface area (Å²) in [6.07, 6.45) is 2.50. The number of benzene rings is 1. The molecule has 1 heterocycles. The summed E-state index contributed by atoms with van der Waals surface area (Å²) in [4.78, 5) is 27.0. The van der Waals surface area contributed by atoms with E-state index in [4.69, 9.17) is 4.74 Å². The minimum atomic E-state index is -0.534. The van der Waals surface area contributed by atoms with Gasteiger partial charge in [0.05, 0.1) is 5.41 Å². The lowest BCUT2D eigenvalue weighted by molar-refractivity contribution is 0.0322. The number of amides is 1. The maximum Gasteiger partial charge on any atom is 0.414 e. The molecule has 2 fully saturated rings. The van der Waals surface area contributed by atoms with Crippen molar-refractivity contribution in [3.63, 3.8) is 0 Å². The second kappa shape index (κ2) is 4.00. The van der Waals surface area contributed by atoms with E-state index in [1.165, 1.54) is 0 Å². The highest BCUT2D eigenvalue weighted by atomic mass is 16.6. The van der Waals surface area contributed by atoms with Crippen LogP contribution < -0.4 is 0 Å². The van der Waals surface area contributed by atoms with Gasteiger partial charge in [0.2, 0.25) is 0 Å². The van der Waals surface area contributed by atoms with Crippen molar-refractivity contribution >= 4 is 18.0 Å². The normalized spacial score (nSPS) is 28.5. The predicted molar refractivity (Wildman–Crippen MR) is 82.2 cm³/mol. The number of carbonyl (C=O) groups is 2. The molecular formula is C18H19NO3. The van der Waals surface area contributed by atoms with Gasteiger partial charge in [-0.2, -0.15) is 0 Å². The number of carbonyl (C=O) groups excluding carboxylic acids is 2. The minimum Gasteiger partial charge on any atom is -0.443 e. The number of hydrogen-bond donors (Lipinski definition) is 0. The van der Waals surface area contributed by atoms with E-state index in [-0.39, 0.29) is 17.8 Å². The zero-order valence-corrected chi connectivity index (χ0v) is 13.1. The number of allylic oxidation sites excluding steroid dienone is 1. The Kier molecular flexibility index (Phi) is 2.47. The van der Waals surface area contributed by atoms with Crippen molar-refractivity contribution in [1.82, 2.24) is 4.90 Å². The Bertz CT molecular complexity index is 728. The first-order valence-electron chi connectivity index (χ1n) is 7.69. The van der Waals surface area contributed by atoms with E-state index in [2.05, 4.69) is 0 Å². The Morgan fingerprint density at radius 2 is 2.05 bits per heavy atom. The fraction of sp³-hybridized carbons (Fsp3) is 0.444. The molecule has 4 heteroatoms. The second-order valence-corrected chi connectivity index (χ2v) is 7.41. The van der Waals surface area contributed by atoms with Gasteiger partial charge in [-0.05, 0) is 44.7 Å². The van der Waals surface area contributed by atoms with Crippen molar-refractivity contribution in [2.45, 2.75) is 32.8 Å². The molecule has 1 saturated carbocycles. The molecule has 0 N–H and O–H groups in total. The third-order valence-corrected chi connectivity index (χ3v) is 4.77. The van der Waals surface area contributed by atoms with Gasteiger partial charge in [-0.25, -0.2) is 4.79 Å². The van der Waals surface area contributed by atoms with Crippen LogP contribution in [-0.4, -0.2) is 28.9 Å². The van der Waals surface area contributed by atoms with E-state index in [1.807, 2.05) is 51.1 Å². The Morgan fingerprint density at radius 1 is 1.32 bits per heavy atom. The lowest BCUT2D eigenvalue weighted by atomic mass is 9.83. The molecule has 114 valence electrons. The minimum absolute atomic E-state index is 0.164. The summed E-state index contributed by atoms with van der Waals surface area (Å²) in [5, 5.41) is 0. The van der Waals surface area contributed by atoms with Gasteiger partial charge < -0.3 is 4.74 Å². The summed E-state index contributed by atoms with van der Waals surface area (Å²) < 4.78 is 5.49. The van der Waals surface area contributed by atoms with Crippen LogP contribution in [0.1, 0.15) is 43.1 Å². The predicted octanol–water partition coefficient (Wildman–Crippen LogP) is 3.48. The lowest BCUT2D eigenvalue weighted by Gasteiger charge is -2.30. The molecule has 1 aromatic carbocycles. The number of Topliss-reactive ketones (excluding diaryl/α,β-unsaturated/α-hetero) is 1. The highest BCUT2D eigenvalue weighted by Gasteiger charge is 2.70. The summed E-state index contributed by atoms with van der Waals surface area (Å²) in [5.74, 6) is 0.406. The van der Waals surface area contributed by atoms with Crippen LogP contribution in [0.25, 0.3) is 6.08 Å². The second-order valence-electron chi connectivity index (χ2n) is 7.41. The van der Waals surface area contributed by atoms with Gasteiger partial charge in [0.15, 0.2) is 5.78 Å². The first-order valence-corrected chi connectivity index (χ1v) is 7.69. The standard InChI is InChI=1S/C18H19NO3/c1-17(2,3)22-16(21)19-10-12-9-18(12)14(19)8-11-6-4-5-7-13(11)15(18)20/h4-8,12H,9-10H2,1-3H3/t12-,18+/m1/s1. The number of ketones is 1. The number of rotatable bonds is 0. The molecule has 1 saturated heterocycles. The molecular weight excluding hydrogens is 278 g/mol. The van der Waals surface area contributed by atoms with E-state index >= 15 is 0 Å². The first-order chi connectivity index (χ1) is 10.3. The number of fused-ring (bicyclic) bond motifs is 1. The molecule has 1 aromatic rings. The third kappa shape index (κ3) is 1.70. The number of piperidine rings is 1.